The first-order chi connectivity index (χ1) is 38.0. The van der Waals surface area contributed by atoms with Crippen LogP contribution in [0.3, 0.4) is 0 Å². The Kier molecular flexibility index (Phi) is 61.8. The summed E-state index contributed by atoms with van der Waals surface area (Å²) in [4.78, 5) is 38.1. The van der Waals surface area contributed by atoms with Gasteiger partial charge in [0.25, 0.3) is 0 Å². The Hall–Kier alpha value is -3.67. The van der Waals surface area contributed by atoms with Gasteiger partial charge in [-0.05, 0) is 103 Å². The van der Waals surface area contributed by atoms with Crippen molar-refractivity contribution in [2.75, 3.05) is 13.2 Å². The minimum atomic E-state index is -0.821. The molecule has 442 valence electrons. The second kappa shape index (κ2) is 64.9. The summed E-state index contributed by atoms with van der Waals surface area (Å²) in [7, 11) is 0. The van der Waals surface area contributed by atoms with E-state index in [4.69, 9.17) is 14.2 Å². The van der Waals surface area contributed by atoms with Crippen LogP contribution in [0.5, 0.6) is 0 Å². The molecular formula is C71H122O6. The predicted molar refractivity (Wildman–Crippen MR) is 334 cm³/mol. The van der Waals surface area contributed by atoms with Crippen molar-refractivity contribution in [2.45, 2.75) is 322 Å². The average molecular weight is 1070 g/mol. The molecule has 0 aliphatic heterocycles. The van der Waals surface area contributed by atoms with Crippen LogP contribution in [0.2, 0.25) is 0 Å². The van der Waals surface area contributed by atoms with Crippen molar-refractivity contribution >= 4 is 17.9 Å². The number of hydrogen-bond donors (Lipinski definition) is 0. The van der Waals surface area contributed by atoms with E-state index in [0.29, 0.717) is 19.3 Å². The van der Waals surface area contributed by atoms with Crippen molar-refractivity contribution in [1.29, 1.82) is 0 Å². The van der Waals surface area contributed by atoms with Crippen LogP contribution in [0.25, 0.3) is 0 Å². The van der Waals surface area contributed by atoms with Crippen LogP contribution >= 0.6 is 0 Å². The summed E-state index contributed by atoms with van der Waals surface area (Å²) in [5.41, 5.74) is 0. The molecule has 0 bridgehead atoms. The maximum absolute atomic E-state index is 12.8. The molecule has 1 atom stereocenters. The van der Waals surface area contributed by atoms with Crippen LogP contribution in [0.4, 0.5) is 0 Å². The van der Waals surface area contributed by atoms with Crippen molar-refractivity contribution < 1.29 is 28.6 Å². The standard InChI is InChI=1S/C71H122O6/c1-4-7-10-13-16-19-22-25-26-27-28-29-30-31-32-33-34-35-36-37-38-39-40-41-42-43-44-47-49-52-55-58-61-64-70(73)76-67-68(77-71(74)65-62-59-56-53-50-46-24-21-18-15-12-9-6-3)66-75-69(72)63-60-57-54-51-48-45-23-20-17-14-11-8-5-2/h9,11-12,14,18,20-23,25,27-28,46,50,56,59,68H,4-8,10,13,15-17,19,24,26,29-45,47-49,51-55,57-58,60-67H2,1-3H3/b12-9-,14-11-,21-18-,23-20-,25-22-,28-27-,50-46-,59-56-. The molecular weight excluding hydrogens is 949 g/mol. The summed E-state index contributed by atoms with van der Waals surface area (Å²) in [5.74, 6) is -0.998. The molecule has 0 saturated carbocycles. The van der Waals surface area contributed by atoms with Crippen LogP contribution in [0, 0.1) is 0 Å². The predicted octanol–water partition coefficient (Wildman–Crippen LogP) is 22.4. The monoisotopic (exact) mass is 1070 g/mol. The highest BCUT2D eigenvalue weighted by Crippen LogP contribution is 2.17. The van der Waals surface area contributed by atoms with Crippen LogP contribution in [-0.2, 0) is 28.6 Å². The summed E-state index contributed by atoms with van der Waals surface area (Å²) < 4.78 is 16.8. The van der Waals surface area contributed by atoms with E-state index >= 15 is 0 Å². The Bertz CT molecular complexity index is 1510. The van der Waals surface area contributed by atoms with Gasteiger partial charge in [0, 0.05) is 19.3 Å². The molecule has 0 saturated heterocycles. The lowest BCUT2D eigenvalue weighted by Crippen LogP contribution is -2.30. The van der Waals surface area contributed by atoms with Crippen molar-refractivity contribution in [3.8, 4) is 0 Å². The lowest BCUT2D eigenvalue weighted by atomic mass is 10.0. The first-order valence-corrected chi connectivity index (χ1v) is 32.7. The number of ether oxygens (including phenoxy) is 3. The average Bonchev–Trinajstić information content (AvgIpc) is 3.43. The van der Waals surface area contributed by atoms with Gasteiger partial charge < -0.3 is 14.2 Å². The highest BCUT2D eigenvalue weighted by molar-refractivity contribution is 5.71. The quantitative estimate of drug-likeness (QED) is 0.0261. The highest BCUT2D eigenvalue weighted by atomic mass is 16.6. The van der Waals surface area contributed by atoms with E-state index in [0.717, 1.165) is 103 Å². The maximum atomic E-state index is 12.8. The van der Waals surface area contributed by atoms with Gasteiger partial charge in [-0.2, -0.15) is 0 Å². The van der Waals surface area contributed by atoms with Crippen molar-refractivity contribution in [1.82, 2.24) is 0 Å². The number of esters is 3. The molecule has 0 rings (SSSR count). The Morgan fingerprint density at radius 1 is 0.273 bits per heavy atom. The largest absolute Gasteiger partial charge is 0.462 e. The van der Waals surface area contributed by atoms with Crippen molar-refractivity contribution in [3.63, 3.8) is 0 Å². The molecule has 0 N–H and O–H groups in total. The van der Waals surface area contributed by atoms with Crippen LogP contribution in [0.1, 0.15) is 316 Å². The molecule has 0 aromatic carbocycles. The molecule has 77 heavy (non-hydrogen) atoms. The molecule has 0 spiro atoms. The van der Waals surface area contributed by atoms with Gasteiger partial charge in [0.15, 0.2) is 6.10 Å². The highest BCUT2D eigenvalue weighted by Gasteiger charge is 2.19. The third-order valence-corrected chi connectivity index (χ3v) is 14.0. The molecule has 0 radical (unpaired) electrons. The van der Waals surface area contributed by atoms with E-state index in [1.165, 1.54) is 167 Å². The summed E-state index contributed by atoms with van der Waals surface area (Å²) in [5, 5.41) is 0. The van der Waals surface area contributed by atoms with Gasteiger partial charge in [0.2, 0.25) is 0 Å². The zero-order valence-electron chi connectivity index (χ0n) is 50.7. The minimum absolute atomic E-state index is 0.109. The molecule has 6 nitrogen and oxygen atoms in total. The molecule has 0 aromatic heterocycles. The van der Waals surface area contributed by atoms with Crippen LogP contribution in [0.15, 0.2) is 97.2 Å². The van der Waals surface area contributed by atoms with E-state index in [2.05, 4.69) is 106 Å². The molecule has 0 heterocycles. The van der Waals surface area contributed by atoms with E-state index in [1.54, 1.807) is 0 Å². The molecule has 0 aliphatic carbocycles. The van der Waals surface area contributed by atoms with E-state index < -0.39 is 12.1 Å². The SMILES string of the molecule is CC/C=C\C/C=C\C/C=C\C/C=C\CCC(=O)OC(COC(=O)CCCCCCC/C=C\C/C=C\CCC)COC(=O)CCCCCCCCCCCCCCCCCCCCCCC/C=C\C/C=C\CCCCCCC. The smallest absolute Gasteiger partial charge is 0.306 e. The lowest BCUT2D eigenvalue weighted by Gasteiger charge is -2.18. The van der Waals surface area contributed by atoms with Gasteiger partial charge in [-0.25, -0.2) is 0 Å². The zero-order valence-corrected chi connectivity index (χ0v) is 50.7. The summed E-state index contributed by atoms with van der Waals surface area (Å²) >= 11 is 0. The van der Waals surface area contributed by atoms with Gasteiger partial charge >= 0.3 is 17.9 Å². The molecule has 0 aliphatic rings. The first kappa shape index (κ1) is 73.3. The molecule has 0 amide bonds. The summed E-state index contributed by atoms with van der Waals surface area (Å²) in [6, 6.07) is 0. The number of unbranched alkanes of at least 4 members (excludes halogenated alkanes) is 32. The number of allylic oxidation sites excluding steroid dienone is 16. The second-order valence-electron chi connectivity index (χ2n) is 21.6. The minimum Gasteiger partial charge on any atom is -0.462 e. The van der Waals surface area contributed by atoms with E-state index in [-0.39, 0.29) is 31.6 Å². The van der Waals surface area contributed by atoms with Crippen LogP contribution in [-0.4, -0.2) is 37.2 Å². The van der Waals surface area contributed by atoms with Gasteiger partial charge in [0.1, 0.15) is 13.2 Å². The summed E-state index contributed by atoms with van der Waals surface area (Å²) in [6.45, 7) is 6.39. The van der Waals surface area contributed by atoms with Gasteiger partial charge in [-0.1, -0.05) is 291 Å². The Balaban J connectivity index is 4.13. The first-order valence-electron chi connectivity index (χ1n) is 32.7. The normalized spacial score (nSPS) is 12.7. The van der Waals surface area contributed by atoms with Gasteiger partial charge in [0.05, 0.1) is 0 Å². The van der Waals surface area contributed by atoms with E-state index in [1.807, 2.05) is 12.2 Å². The number of rotatable bonds is 59. The topological polar surface area (TPSA) is 78.9 Å². The molecule has 6 heteroatoms. The fourth-order valence-corrected chi connectivity index (χ4v) is 9.17. The number of carbonyl (C=O) groups excluding carboxylic acids is 3. The van der Waals surface area contributed by atoms with Crippen LogP contribution < -0.4 is 0 Å². The molecule has 0 fully saturated rings. The maximum Gasteiger partial charge on any atom is 0.306 e. The number of hydrogen-bond acceptors (Lipinski definition) is 6. The molecule has 1 unspecified atom stereocenters. The molecule has 0 aromatic rings. The second-order valence-corrected chi connectivity index (χ2v) is 21.6. The summed E-state index contributed by atoms with van der Waals surface area (Å²) in [6.07, 6.45) is 87.5. The Morgan fingerprint density at radius 2 is 0.558 bits per heavy atom. The van der Waals surface area contributed by atoms with E-state index in [9.17, 15) is 14.4 Å². The third-order valence-electron chi connectivity index (χ3n) is 14.0. The van der Waals surface area contributed by atoms with Gasteiger partial charge in [-0.3, -0.25) is 14.4 Å². The fourth-order valence-electron chi connectivity index (χ4n) is 9.17. The third kappa shape index (κ3) is 63.0. The Morgan fingerprint density at radius 3 is 0.896 bits per heavy atom. The number of carbonyl (C=O) groups is 3. The zero-order chi connectivity index (χ0) is 55.7. The van der Waals surface area contributed by atoms with Gasteiger partial charge in [-0.15, -0.1) is 0 Å². The fraction of sp³-hybridized carbons (Fsp3) is 0.732. The Labute approximate surface area is 477 Å². The van der Waals surface area contributed by atoms with Crippen molar-refractivity contribution in [3.05, 3.63) is 97.2 Å². The van der Waals surface area contributed by atoms with Crippen molar-refractivity contribution in [2.24, 2.45) is 0 Å². The lowest BCUT2D eigenvalue weighted by molar-refractivity contribution is -0.166.